The monoisotopic (exact) mass is 1070 g/mol. The lowest BCUT2D eigenvalue weighted by atomic mass is 9.91. The third-order valence-electron chi connectivity index (χ3n) is 16.8. The van der Waals surface area contributed by atoms with Gasteiger partial charge in [-0.1, -0.05) is 243 Å². The molecule has 394 valence electrons. The van der Waals surface area contributed by atoms with Gasteiger partial charge in [0.1, 0.15) is 0 Å². The summed E-state index contributed by atoms with van der Waals surface area (Å²) in [6, 6.07) is 120. The Hall–Kier alpha value is -11.2. The maximum absolute atomic E-state index is 2.46. The number of aromatic nitrogens is 2. The molecule has 0 saturated carbocycles. The topological polar surface area (TPSA) is 16.3 Å². The van der Waals surface area contributed by atoms with Crippen LogP contribution in [0.2, 0.25) is 0 Å². The molecule has 0 aliphatic rings. The van der Waals surface area contributed by atoms with Crippen molar-refractivity contribution < 1.29 is 0 Å². The molecule has 16 rings (SSSR count). The zero-order valence-corrected chi connectivity index (χ0v) is 46.0. The Morgan fingerprint density at radius 2 is 0.524 bits per heavy atom. The van der Waals surface area contributed by atoms with E-state index < -0.39 is 0 Å². The van der Waals surface area contributed by atoms with E-state index in [0.29, 0.717) is 0 Å². The van der Waals surface area contributed by atoms with Crippen LogP contribution in [0.1, 0.15) is 0 Å². The molecule has 0 spiro atoms. The smallest absolute Gasteiger partial charge is 0.0619 e. The summed E-state index contributed by atoms with van der Waals surface area (Å²) in [4.78, 5) is 4.92. The van der Waals surface area contributed by atoms with Gasteiger partial charge in [0.05, 0.1) is 33.8 Å². The number of hydrogen-bond acceptors (Lipinski definition) is 2. The van der Waals surface area contributed by atoms with Crippen LogP contribution in [0.3, 0.4) is 0 Å². The van der Waals surface area contributed by atoms with E-state index in [1.165, 1.54) is 65.3 Å². The fourth-order valence-electron chi connectivity index (χ4n) is 13.2. The van der Waals surface area contributed by atoms with E-state index >= 15 is 0 Å². The number of nitrogens with zero attached hydrogens (tertiary/aromatic N) is 4. The van der Waals surface area contributed by atoms with E-state index in [4.69, 9.17) is 0 Å². The van der Waals surface area contributed by atoms with E-state index in [9.17, 15) is 0 Å². The predicted molar refractivity (Wildman–Crippen MR) is 355 cm³/mol. The highest BCUT2D eigenvalue weighted by molar-refractivity contribution is 6.28. The molecule has 0 atom stereocenters. The molecule has 14 aromatic carbocycles. The van der Waals surface area contributed by atoms with Gasteiger partial charge in [0.2, 0.25) is 0 Å². The number of anilines is 6. The first-order chi connectivity index (χ1) is 41.7. The van der Waals surface area contributed by atoms with E-state index in [2.05, 4.69) is 347 Å². The van der Waals surface area contributed by atoms with Crippen molar-refractivity contribution in [2.75, 3.05) is 9.80 Å². The van der Waals surface area contributed by atoms with E-state index in [1.54, 1.807) is 0 Å². The Kier molecular flexibility index (Phi) is 11.8. The van der Waals surface area contributed by atoms with Crippen LogP contribution in [-0.4, -0.2) is 9.13 Å². The second kappa shape index (κ2) is 20.4. The summed E-state index contributed by atoms with van der Waals surface area (Å²) in [5.74, 6) is 0. The van der Waals surface area contributed by atoms with Crippen molar-refractivity contribution >= 4 is 88.2 Å². The largest absolute Gasteiger partial charge is 0.310 e. The van der Waals surface area contributed by atoms with Crippen molar-refractivity contribution in [3.05, 3.63) is 328 Å². The van der Waals surface area contributed by atoms with Crippen molar-refractivity contribution in [1.29, 1.82) is 0 Å². The molecule has 4 nitrogen and oxygen atoms in total. The van der Waals surface area contributed by atoms with E-state index in [0.717, 1.165) is 79.0 Å². The number of rotatable bonds is 12. The fraction of sp³-hybridized carbons (Fsp3) is 0. The van der Waals surface area contributed by atoms with Crippen molar-refractivity contribution in [3.63, 3.8) is 0 Å². The summed E-state index contributed by atoms with van der Waals surface area (Å²) in [5, 5.41) is 9.59. The minimum atomic E-state index is 1.06. The lowest BCUT2D eigenvalue weighted by Crippen LogP contribution is -2.11. The van der Waals surface area contributed by atoms with Gasteiger partial charge in [-0.15, -0.1) is 0 Å². The zero-order valence-electron chi connectivity index (χ0n) is 46.0. The minimum Gasteiger partial charge on any atom is -0.310 e. The summed E-state index contributed by atoms with van der Waals surface area (Å²) in [7, 11) is 0. The van der Waals surface area contributed by atoms with Crippen molar-refractivity contribution in [3.8, 4) is 56.1 Å². The molecular formula is C80H54N4. The molecule has 16 aromatic rings. The molecule has 0 bridgehead atoms. The maximum Gasteiger partial charge on any atom is 0.0619 e. The summed E-state index contributed by atoms with van der Waals surface area (Å²) in [6.45, 7) is 0. The van der Waals surface area contributed by atoms with Crippen LogP contribution in [0.15, 0.2) is 328 Å². The summed E-state index contributed by atoms with van der Waals surface area (Å²) in [5.41, 5.74) is 20.4. The van der Waals surface area contributed by atoms with Gasteiger partial charge < -0.3 is 18.9 Å². The quantitative estimate of drug-likeness (QED) is 0.113. The molecule has 0 unspecified atom stereocenters. The van der Waals surface area contributed by atoms with E-state index in [-0.39, 0.29) is 0 Å². The molecule has 2 heterocycles. The number of benzene rings is 14. The van der Waals surface area contributed by atoms with Gasteiger partial charge in [-0.3, -0.25) is 0 Å². The van der Waals surface area contributed by atoms with Gasteiger partial charge in [-0.25, -0.2) is 0 Å². The number of fused-ring (bicyclic) bond motifs is 2. The van der Waals surface area contributed by atoms with Crippen molar-refractivity contribution in [2.45, 2.75) is 0 Å². The molecular weight excluding hydrogens is 1020 g/mol. The van der Waals surface area contributed by atoms with E-state index in [1.807, 2.05) is 0 Å². The van der Waals surface area contributed by atoms with Crippen LogP contribution in [0, 0.1) is 0 Å². The lowest BCUT2D eigenvalue weighted by molar-refractivity contribution is 1.13. The van der Waals surface area contributed by atoms with Gasteiger partial charge in [0.25, 0.3) is 0 Å². The van der Waals surface area contributed by atoms with Gasteiger partial charge in [-0.05, 0) is 129 Å². The standard InChI is InChI=1S/C80H54N4/c1-9-25-55(26-10-1)77-69-49-45-65(53-73(69)83(63-37-21-7-22-38-63)79(77)59-29-13-3-14-30-59)81(61-33-17-5-18-34-61)71-51-43-57-42-48-68-72(52-44-58-41-47-67(71)75(57)76(58)68)82(62-35-19-6-20-36-62)66-46-50-70-74(54-66)84(64-39-23-8-24-40-64)80(60-31-15-4-16-32-60)78(70)56-27-11-2-12-28-56/h1-54H. The Morgan fingerprint density at radius 3 is 0.881 bits per heavy atom. The van der Waals surface area contributed by atoms with Crippen molar-refractivity contribution in [1.82, 2.24) is 9.13 Å². The molecule has 2 aromatic heterocycles. The highest BCUT2D eigenvalue weighted by Gasteiger charge is 2.27. The van der Waals surface area contributed by atoms with Crippen LogP contribution < -0.4 is 9.80 Å². The molecule has 0 N–H and O–H groups in total. The lowest BCUT2D eigenvalue weighted by Gasteiger charge is -2.29. The Labute approximate surface area is 488 Å². The second-order valence-electron chi connectivity index (χ2n) is 21.6. The average molecular weight is 1070 g/mol. The SMILES string of the molecule is c1ccc(-c2c(-c3ccccc3)n(-c3ccccc3)c3cc(N(c4ccccc4)c4ccc5ccc6c(N(c7ccccc7)c7ccc8c(-c9ccccc9)c(-c9ccccc9)n(-c9ccccc9)c8c7)ccc7ccc4c5c76)ccc23)cc1. The molecule has 84 heavy (non-hydrogen) atoms. The molecule has 0 aliphatic carbocycles. The Balaban J connectivity index is 0.919. The average Bonchev–Trinajstić information content (AvgIpc) is 1.93. The first-order valence-corrected chi connectivity index (χ1v) is 28.8. The minimum absolute atomic E-state index is 1.06. The highest BCUT2D eigenvalue weighted by atomic mass is 15.2. The van der Waals surface area contributed by atoms with Crippen LogP contribution in [-0.2, 0) is 0 Å². The third kappa shape index (κ3) is 8.07. The van der Waals surface area contributed by atoms with Crippen LogP contribution in [0.4, 0.5) is 34.1 Å². The normalized spacial score (nSPS) is 11.6. The van der Waals surface area contributed by atoms with Gasteiger partial charge in [0.15, 0.2) is 0 Å². The second-order valence-corrected chi connectivity index (χ2v) is 21.6. The van der Waals surface area contributed by atoms with Crippen LogP contribution >= 0.6 is 0 Å². The molecule has 0 saturated heterocycles. The molecule has 0 amide bonds. The first kappa shape index (κ1) is 48.7. The predicted octanol–water partition coefficient (Wildman–Crippen LogP) is 22.1. The maximum atomic E-state index is 2.46. The molecule has 0 radical (unpaired) electrons. The number of para-hydroxylation sites is 4. The van der Waals surface area contributed by atoms with Crippen LogP contribution in [0.5, 0.6) is 0 Å². The fourth-order valence-corrected chi connectivity index (χ4v) is 13.2. The molecule has 4 heteroatoms. The number of hydrogen-bond donors (Lipinski definition) is 0. The Morgan fingerprint density at radius 1 is 0.226 bits per heavy atom. The summed E-state index contributed by atoms with van der Waals surface area (Å²) < 4.78 is 4.93. The van der Waals surface area contributed by atoms with Gasteiger partial charge >= 0.3 is 0 Å². The summed E-state index contributed by atoms with van der Waals surface area (Å²) in [6.07, 6.45) is 0. The van der Waals surface area contributed by atoms with Gasteiger partial charge in [0, 0.05) is 66.8 Å². The molecule has 0 fully saturated rings. The summed E-state index contributed by atoms with van der Waals surface area (Å²) >= 11 is 0. The third-order valence-corrected chi connectivity index (χ3v) is 16.8. The Bertz CT molecular complexity index is 4700. The van der Waals surface area contributed by atoms with Crippen molar-refractivity contribution in [2.24, 2.45) is 0 Å². The first-order valence-electron chi connectivity index (χ1n) is 28.8. The molecule has 0 aliphatic heterocycles. The van der Waals surface area contributed by atoms with Crippen LogP contribution in [0.25, 0.3) is 110 Å². The zero-order chi connectivity index (χ0) is 55.5. The highest BCUT2D eigenvalue weighted by Crippen LogP contribution is 2.51. The van der Waals surface area contributed by atoms with Gasteiger partial charge in [-0.2, -0.15) is 0 Å².